The molecule has 0 saturated heterocycles. The molecule has 3 aromatic rings. The molecule has 0 fully saturated rings. The lowest BCUT2D eigenvalue weighted by Crippen LogP contribution is -2.24. The molecule has 4 rings (SSSR count). The number of benzene rings is 1. The molecule has 1 aliphatic carbocycles. The van der Waals surface area contributed by atoms with E-state index in [9.17, 15) is 4.39 Å². The molecule has 1 aliphatic rings. The molecule has 0 amide bonds. The van der Waals surface area contributed by atoms with E-state index in [1.807, 2.05) is 24.4 Å². The normalized spacial score (nSPS) is 17.0. The Kier molecular flexibility index (Phi) is 4.39. The Morgan fingerprint density at radius 1 is 1.29 bits per heavy atom. The van der Waals surface area contributed by atoms with Gasteiger partial charge in [0.25, 0.3) is 0 Å². The van der Waals surface area contributed by atoms with Crippen LogP contribution >= 0.6 is 22.9 Å². The SMILES string of the molecule is Fc1ccccc1-n1ncc2c1CCCC2NCc1ccc(Cl)s1. The predicted molar refractivity (Wildman–Crippen MR) is 95.4 cm³/mol. The van der Waals surface area contributed by atoms with Crippen LogP contribution in [0.25, 0.3) is 5.69 Å². The van der Waals surface area contributed by atoms with Crippen LogP contribution in [0.5, 0.6) is 0 Å². The minimum atomic E-state index is -0.244. The van der Waals surface area contributed by atoms with Gasteiger partial charge >= 0.3 is 0 Å². The maximum Gasteiger partial charge on any atom is 0.148 e. The molecule has 0 radical (unpaired) electrons. The molecule has 124 valence electrons. The summed E-state index contributed by atoms with van der Waals surface area (Å²) >= 11 is 7.59. The Morgan fingerprint density at radius 2 is 2.17 bits per heavy atom. The maximum atomic E-state index is 14.1. The van der Waals surface area contributed by atoms with E-state index in [2.05, 4.69) is 10.4 Å². The van der Waals surface area contributed by atoms with Gasteiger partial charge in [0.2, 0.25) is 0 Å². The van der Waals surface area contributed by atoms with Crippen LogP contribution in [0, 0.1) is 5.82 Å². The summed E-state index contributed by atoms with van der Waals surface area (Å²) < 4.78 is 16.7. The molecule has 1 atom stereocenters. The lowest BCUT2D eigenvalue weighted by Gasteiger charge is -2.24. The van der Waals surface area contributed by atoms with E-state index in [0.717, 1.165) is 35.8 Å². The molecule has 0 aliphatic heterocycles. The van der Waals surface area contributed by atoms with Crippen molar-refractivity contribution in [2.45, 2.75) is 31.8 Å². The van der Waals surface area contributed by atoms with Crippen molar-refractivity contribution >= 4 is 22.9 Å². The molecule has 2 heterocycles. The van der Waals surface area contributed by atoms with Gasteiger partial charge in [-0.25, -0.2) is 9.07 Å². The highest BCUT2D eigenvalue weighted by Crippen LogP contribution is 2.32. The molecule has 1 unspecified atom stereocenters. The Morgan fingerprint density at radius 3 is 2.96 bits per heavy atom. The Balaban J connectivity index is 1.59. The van der Waals surface area contributed by atoms with Crippen molar-refractivity contribution in [1.82, 2.24) is 15.1 Å². The number of thiophene rings is 1. The lowest BCUT2D eigenvalue weighted by molar-refractivity contribution is 0.455. The number of aromatic nitrogens is 2. The van der Waals surface area contributed by atoms with Crippen LogP contribution in [0.4, 0.5) is 4.39 Å². The first-order chi connectivity index (χ1) is 11.7. The molecular weight excluding hydrogens is 345 g/mol. The molecule has 6 heteroatoms. The Hall–Kier alpha value is -1.69. The molecule has 2 aromatic heterocycles. The van der Waals surface area contributed by atoms with E-state index in [1.54, 1.807) is 28.2 Å². The van der Waals surface area contributed by atoms with Crippen LogP contribution in [0.3, 0.4) is 0 Å². The lowest BCUT2D eigenvalue weighted by atomic mass is 9.93. The van der Waals surface area contributed by atoms with Gasteiger partial charge in [-0.3, -0.25) is 0 Å². The Labute approximate surface area is 149 Å². The smallest absolute Gasteiger partial charge is 0.148 e. The zero-order valence-corrected chi connectivity index (χ0v) is 14.6. The van der Waals surface area contributed by atoms with Crippen LogP contribution in [-0.4, -0.2) is 9.78 Å². The van der Waals surface area contributed by atoms with Gasteiger partial charge in [-0.15, -0.1) is 11.3 Å². The number of rotatable bonds is 4. The maximum absolute atomic E-state index is 14.1. The van der Waals surface area contributed by atoms with Gasteiger partial charge < -0.3 is 5.32 Å². The third-order valence-corrected chi connectivity index (χ3v) is 5.65. The summed E-state index contributed by atoms with van der Waals surface area (Å²) in [5.41, 5.74) is 2.80. The van der Waals surface area contributed by atoms with Crippen molar-refractivity contribution in [2.24, 2.45) is 0 Å². The van der Waals surface area contributed by atoms with E-state index < -0.39 is 0 Å². The zero-order valence-electron chi connectivity index (χ0n) is 13.0. The molecule has 0 spiro atoms. The molecule has 1 N–H and O–H groups in total. The van der Waals surface area contributed by atoms with Crippen LogP contribution in [0.15, 0.2) is 42.6 Å². The highest BCUT2D eigenvalue weighted by atomic mass is 35.5. The largest absolute Gasteiger partial charge is 0.305 e. The fourth-order valence-corrected chi connectivity index (χ4v) is 4.31. The average Bonchev–Trinajstić information content (AvgIpc) is 3.20. The van der Waals surface area contributed by atoms with Crippen LogP contribution in [-0.2, 0) is 13.0 Å². The third-order valence-electron chi connectivity index (χ3n) is 4.42. The first-order valence-electron chi connectivity index (χ1n) is 8.01. The highest BCUT2D eigenvalue weighted by molar-refractivity contribution is 7.16. The quantitative estimate of drug-likeness (QED) is 0.716. The van der Waals surface area contributed by atoms with Crippen molar-refractivity contribution in [3.63, 3.8) is 0 Å². The average molecular weight is 362 g/mol. The van der Waals surface area contributed by atoms with Crippen molar-refractivity contribution in [2.75, 3.05) is 0 Å². The first kappa shape index (κ1) is 15.8. The minimum absolute atomic E-state index is 0.244. The molecule has 1 aromatic carbocycles. The zero-order chi connectivity index (χ0) is 16.5. The van der Waals surface area contributed by atoms with Crippen molar-refractivity contribution in [3.05, 3.63) is 68.9 Å². The monoisotopic (exact) mass is 361 g/mol. The summed E-state index contributed by atoms with van der Waals surface area (Å²) in [7, 11) is 0. The molecule has 3 nitrogen and oxygen atoms in total. The second-order valence-electron chi connectivity index (χ2n) is 5.94. The van der Waals surface area contributed by atoms with E-state index in [0.29, 0.717) is 5.69 Å². The summed E-state index contributed by atoms with van der Waals surface area (Å²) in [4.78, 5) is 1.22. The van der Waals surface area contributed by atoms with Crippen LogP contribution in [0.2, 0.25) is 4.34 Å². The van der Waals surface area contributed by atoms with Crippen LogP contribution in [0.1, 0.15) is 35.0 Å². The number of hydrogen-bond donors (Lipinski definition) is 1. The molecule has 0 saturated carbocycles. The van der Waals surface area contributed by atoms with E-state index in [1.165, 1.54) is 16.5 Å². The second kappa shape index (κ2) is 6.67. The fraction of sp³-hybridized carbons (Fsp3) is 0.278. The number of fused-ring (bicyclic) bond motifs is 1. The van der Waals surface area contributed by atoms with Gasteiger partial charge in [0, 0.05) is 28.7 Å². The highest BCUT2D eigenvalue weighted by Gasteiger charge is 2.25. The van der Waals surface area contributed by atoms with E-state index in [4.69, 9.17) is 11.6 Å². The fourth-order valence-electron chi connectivity index (χ4n) is 3.27. The minimum Gasteiger partial charge on any atom is -0.305 e. The Bertz CT molecular complexity index is 858. The van der Waals surface area contributed by atoms with Gasteiger partial charge in [0.05, 0.1) is 10.5 Å². The van der Waals surface area contributed by atoms with Crippen LogP contribution < -0.4 is 5.32 Å². The van der Waals surface area contributed by atoms with Crippen molar-refractivity contribution in [1.29, 1.82) is 0 Å². The van der Waals surface area contributed by atoms with Gasteiger partial charge in [-0.05, 0) is 43.5 Å². The topological polar surface area (TPSA) is 29.9 Å². The number of halogens is 2. The summed E-state index contributed by atoms with van der Waals surface area (Å²) in [6.07, 6.45) is 4.93. The van der Waals surface area contributed by atoms with Gasteiger partial charge in [-0.1, -0.05) is 23.7 Å². The number of para-hydroxylation sites is 1. The number of nitrogens with one attached hydrogen (secondary N) is 1. The summed E-state index contributed by atoms with van der Waals surface area (Å²) in [5.74, 6) is -0.244. The van der Waals surface area contributed by atoms with Crippen molar-refractivity contribution < 1.29 is 4.39 Å². The van der Waals surface area contributed by atoms with E-state index >= 15 is 0 Å². The first-order valence-corrected chi connectivity index (χ1v) is 9.21. The third kappa shape index (κ3) is 2.99. The summed E-state index contributed by atoms with van der Waals surface area (Å²) in [6, 6.07) is 11.0. The number of hydrogen-bond acceptors (Lipinski definition) is 3. The molecule has 0 bridgehead atoms. The molecular formula is C18H17ClFN3S. The van der Waals surface area contributed by atoms with Gasteiger partial charge in [0.15, 0.2) is 0 Å². The second-order valence-corrected chi connectivity index (χ2v) is 7.74. The molecule has 24 heavy (non-hydrogen) atoms. The standard InChI is InChI=1S/C18H17ClFN3S/c19-18-9-8-12(24-18)10-21-15-5-3-7-16-13(15)11-22-23(16)17-6-2-1-4-14(17)20/h1-2,4,6,8-9,11,15,21H,3,5,7,10H2. The number of nitrogens with zero attached hydrogens (tertiary/aromatic N) is 2. The van der Waals surface area contributed by atoms with Crippen molar-refractivity contribution in [3.8, 4) is 5.69 Å². The van der Waals surface area contributed by atoms with Gasteiger partial charge in [-0.2, -0.15) is 5.10 Å². The summed E-state index contributed by atoms with van der Waals surface area (Å²) in [6.45, 7) is 0.784. The van der Waals surface area contributed by atoms with E-state index in [-0.39, 0.29) is 11.9 Å². The predicted octanol–water partition coefficient (Wildman–Crippen LogP) is 4.89. The van der Waals surface area contributed by atoms with Gasteiger partial charge in [0.1, 0.15) is 11.5 Å². The summed E-state index contributed by atoms with van der Waals surface area (Å²) in [5, 5.41) is 8.05.